The number of allylic oxidation sites excluding steroid dienone is 1. The zero-order valence-corrected chi connectivity index (χ0v) is 8.69. The molecule has 0 heterocycles. The number of ketones is 1. The maximum atomic E-state index is 11.4. The molecule has 1 rings (SSSR count). The molecule has 0 saturated heterocycles. The predicted octanol–water partition coefficient (Wildman–Crippen LogP) is -2.43. The number of carboxylic acids is 1. The Morgan fingerprint density at radius 2 is 1.73 bits per heavy atom. The van der Waals surface area contributed by atoms with Crippen molar-refractivity contribution in [3.63, 3.8) is 0 Å². The van der Waals surface area contributed by atoms with E-state index in [1.165, 1.54) is 6.92 Å². The summed E-state index contributed by atoms with van der Waals surface area (Å²) in [5.41, 5.74) is 0.395. The molecule has 0 radical (unpaired) electrons. The van der Waals surface area contributed by atoms with E-state index >= 15 is 0 Å². The molecule has 0 spiro atoms. The van der Waals surface area contributed by atoms with Gasteiger partial charge in [0, 0.05) is 5.56 Å². The molecule has 4 heteroatoms. The van der Waals surface area contributed by atoms with Crippen LogP contribution in [0.3, 0.4) is 0 Å². The largest absolute Gasteiger partial charge is 1.00 e. The fourth-order valence-corrected chi connectivity index (χ4v) is 0.941. The predicted molar refractivity (Wildman–Crippen MR) is 49.5 cm³/mol. The summed E-state index contributed by atoms with van der Waals surface area (Å²) in [4.78, 5) is 21.7. The van der Waals surface area contributed by atoms with Gasteiger partial charge in [-0.2, -0.15) is 0 Å². The first-order valence-corrected chi connectivity index (χ1v) is 4.10. The van der Waals surface area contributed by atoms with Crippen LogP contribution in [0.2, 0.25) is 0 Å². The van der Waals surface area contributed by atoms with Gasteiger partial charge < -0.3 is 9.90 Å². The molecule has 0 amide bonds. The second-order valence-electron chi connectivity index (χ2n) is 2.85. The Hall–Kier alpha value is -1.30. The molecule has 0 atom stereocenters. The van der Waals surface area contributed by atoms with Gasteiger partial charge in [0.1, 0.15) is 0 Å². The van der Waals surface area contributed by atoms with Gasteiger partial charge in [-0.1, -0.05) is 30.3 Å². The number of aliphatic carboxylic acids is 1. The average Bonchev–Trinajstić information content (AvgIpc) is 2.19. The summed E-state index contributed by atoms with van der Waals surface area (Å²) in [5.74, 6) is -1.65. The van der Waals surface area contributed by atoms with Crippen LogP contribution < -0.4 is 24.0 Å². The molecule has 0 saturated carbocycles. The van der Waals surface area contributed by atoms with Crippen LogP contribution in [-0.2, 0) is 4.79 Å². The van der Waals surface area contributed by atoms with Crippen molar-refractivity contribution in [3.05, 3.63) is 47.5 Å². The minimum Gasteiger partial charge on any atom is -0.545 e. The SMILES string of the molecule is CC(=CC(=O)c1ccccc1)C(=O)[O-].[Li+]. The van der Waals surface area contributed by atoms with E-state index in [1.54, 1.807) is 30.3 Å². The third-order valence-corrected chi connectivity index (χ3v) is 1.73. The Bertz CT molecular complexity index is 382. The van der Waals surface area contributed by atoms with Crippen LogP contribution in [0.5, 0.6) is 0 Å². The van der Waals surface area contributed by atoms with Crippen molar-refractivity contribution in [2.75, 3.05) is 0 Å². The number of hydrogen-bond donors (Lipinski definition) is 0. The number of carbonyl (C=O) groups is 2. The summed E-state index contributed by atoms with van der Waals surface area (Å²) in [6, 6.07) is 8.47. The van der Waals surface area contributed by atoms with Crippen LogP contribution in [0, 0.1) is 0 Å². The second kappa shape index (κ2) is 6.23. The van der Waals surface area contributed by atoms with Gasteiger partial charge in [0.15, 0.2) is 5.78 Å². The van der Waals surface area contributed by atoms with Crippen molar-refractivity contribution in [1.29, 1.82) is 0 Å². The van der Waals surface area contributed by atoms with Crippen LogP contribution in [0.15, 0.2) is 42.0 Å². The minimum atomic E-state index is -1.32. The van der Waals surface area contributed by atoms with Crippen molar-refractivity contribution >= 4 is 11.8 Å². The third kappa shape index (κ3) is 4.16. The molecule has 3 nitrogen and oxygen atoms in total. The smallest absolute Gasteiger partial charge is 0.545 e. The van der Waals surface area contributed by atoms with Gasteiger partial charge in [-0.15, -0.1) is 0 Å². The molecular weight excluding hydrogens is 187 g/mol. The van der Waals surface area contributed by atoms with Crippen LogP contribution in [0.1, 0.15) is 17.3 Å². The molecule has 0 aliphatic carbocycles. The zero-order valence-electron chi connectivity index (χ0n) is 8.69. The van der Waals surface area contributed by atoms with Gasteiger partial charge in [-0.05, 0) is 18.6 Å². The maximum absolute atomic E-state index is 11.4. The Balaban J connectivity index is 0.00000196. The molecule has 72 valence electrons. The Labute approximate surface area is 100.0 Å². The standard InChI is InChI=1S/C11H10O3.Li/c1-8(11(13)14)7-10(12)9-5-3-2-4-6-9;/h2-7H,1H3,(H,13,14);/q;+1/p-1. The summed E-state index contributed by atoms with van der Waals surface area (Å²) in [7, 11) is 0. The topological polar surface area (TPSA) is 57.2 Å². The van der Waals surface area contributed by atoms with Crippen LogP contribution in [0.25, 0.3) is 0 Å². The normalized spacial score (nSPS) is 10.3. The monoisotopic (exact) mass is 196 g/mol. The number of rotatable bonds is 3. The molecule has 0 unspecified atom stereocenters. The van der Waals surface area contributed by atoms with E-state index < -0.39 is 5.97 Å². The van der Waals surface area contributed by atoms with Gasteiger partial charge >= 0.3 is 18.9 Å². The van der Waals surface area contributed by atoms with E-state index in [0.29, 0.717) is 5.56 Å². The number of hydrogen-bond acceptors (Lipinski definition) is 3. The molecule has 0 bridgehead atoms. The Morgan fingerprint density at radius 3 is 2.20 bits per heavy atom. The van der Waals surface area contributed by atoms with Gasteiger partial charge in [-0.25, -0.2) is 0 Å². The second-order valence-corrected chi connectivity index (χ2v) is 2.85. The van der Waals surface area contributed by atoms with Gasteiger partial charge in [-0.3, -0.25) is 4.79 Å². The van der Waals surface area contributed by atoms with Gasteiger partial charge in [0.2, 0.25) is 0 Å². The summed E-state index contributed by atoms with van der Waals surface area (Å²) in [5, 5.41) is 10.3. The summed E-state index contributed by atoms with van der Waals surface area (Å²) < 4.78 is 0. The summed E-state index contributed by atoms with van der Waals surface area (Å²) in [6.07, 6.45) is 1.06. The molecule has 1 aromatic rings. The zero-order chi connectivity index (χ0) is 10.6. The van der Waals surface area contributed by atoms with Crippen LogP contribution in [-0.4, -0.2) is 11.8 Å². The molecule has 0 aromatic heterocycles. The first-order valence-electron chi connectivity index (χ1n) is 4.10. The fraction of sp³-hybridized carbons (Fsp3) is 0.0909. The third-order valence-electron chi connectivity index (χ3n) is 1.73. The molecule has 1 aromatic carbocycles. The van der Waals surface area contributed by atoms with Gasteiger partial charge in [0.25, 0.3) is 0 Å². The minimum absolute atomic E-state index is 0. The van der Waals surface area contributed by atoms with Gasteiger partial charge in [0.05, 0.1) is 5.97 Å². The van der Waals surface area contributed by atoms with Crippen molar-refractivity contribution in [2.24, 2.45) is 0 Å². The van der Waals surface area contributed by atoms with Crippen molar-refractivity contribution < 1.29 is 33.6 Å². The van der Waals surface area contributed by atoms with Crippen molar-refractivity contribution in [2.45, 2.75) is 6.92 Å². The van der Waals surface area contributed by atoms with Crippen molar-refractivity contribution in [1.82, 2.24) is 0 Å². The number of carboxylic acid groups (broad SMARTS) is 1. The maximum Gasteiger partial charge on any atom is 1.00 e. The summed E-state index contributed by atoms with van der Waals surface area (Å²) >= 11 is 0. The van der Waals surface area contributed by atoms with Crippen LogP contribution in [0.4, 0.5) is 0 Å². The molecule has 15 heavy (non-hydrogen) atoms. The number of carbonyl (C=O) groups excluding carboxylic acids is 2. The van der Waals surface area contributed by atoms with E-state index in [2.05, 4.69) is 0 Å². The Kier molecular flexibility index (Phi) is 5.69. The first-order chi connectivity index (χ1) is 6.61. The quantitative estimate of drug-likeness (QED) is 0.307. The van der Waals surface area contributed by atoms with Crippen LogP contribution >= 0.6 is 0 Å². The molecule has 0 fully saturated rings. The van der Waals surface area contributed by atoms with E-state index in [9.17, 15) is 14.7 Å². The van der Waals surface area contributed by atoms with Crippen molar-refractivity contribution in [3.8, 4) is 0 Å². The van der Waals surface area contributed by atoms with E-state index in [0.717, 1.165) is 6.08 Å². The molecule has 0 aliphatic heterocycles. The van der Waals surface area contributed by atoms with E-state index in [4.69, 9.17) is 0 Å². The Morgan fingerprint density at radius 1 is 1.20 bits per heavy atom. The first kappa shape index (κ1) is 13.7. The molecule has 0 N–H and O–H groups in total. The fourth-order valence-electron chi connectivity index (χ4n) is 0.941. The van der Waals surface area contributed by atoms with E-state index in [1.807, 2.05) is 0 Å². The number of benzene rings is 1. The van der Waals surface area contributed by atoms with E-state index in [-0.39, 0.29) is 30.2 Å². The molecular formula is C11H9LiO3. The summed E-state index contributed by atoms with van der Waals surface area (Å²) in [6.45, 7) is 1.33. The molecule has 0 aliphatic rings. The average molecular weight is 196 g/mol.